The van der Waals surface area contributed by atoms with Crippen molar-refractivity contribution in [1.82, 2.24) is 4.98 Å². The predicted octanol–water partition coefficient (Wildman–Crippen LogP) is 0.778. The van der Waals surface area contributed by atoms with Crippen molar-refractivity contribution >= 4 is 5.88 Å². The van der Waals surface area contributed by atoms with Gasteiger partial charge in [-0.3, -0.25) is 0 Å². The zero-order valence-electron chi connectivity index (χ0n) is 12.4. The number of para-hydroxylation sites is 1. The Hall–Kier alpha value is -2.52. The number of ether oxygens (including phenoxy) is 1. The molecule has 2 N–H and O–H groups in total. The van der Waals surface area contributed by atoms with Gasteiger partial charge >= 0.3 is 0 Å². The normalized spacial score (nSPS) is 10.4. The summed E-state index contributed by atoms with van der Waals surface area (Å²) < 4.78 is 11.0. The van der Waals surface area contributed by atoms with E-state index in [1.54, 1.807) is 7.11 Å². The number of quaternary nitrogens is 1. The van der Waals surface area contributed by atoms with E-state index in [-0.39, 0.29) is 5.69 Å². The minimum atomic E-state index is 0.254. The van der Waals surface area contributed by atoms with Crippen LogP contribution in [0.1, 0.15) is 5.69 Å². The van der Waals surface area contributed by atoms with Crippen LogP contribution in [0.25, 0.3) is 11.5 Å². The highest BCUT2D eigenvalue weighted by atomic mass is 16.5. The van der Waals surface area contributed by atoms with Gasteiger partial charge in [0, 0.05) is 0 Å². The molecule has 0 aliphatic rings. The number of benzene rings is 1. The highest BCUT2D eigenvalue weighted by Gasteiger charge is 2.17. The molecule has 1 aromatic heterocycles. The summed E-state index contributed by atoms with van der Waals surface area (Å²) in [5, 5.41) is 12.3. The fraction of sp³-hybridized carbons (Fsp3) is 0.333. The number of aromatic nitrogens is 1. The van der Waals surface area contributed by atoms with Crippen molar-refractivity contribution in [2.75, 3.05) is 39.6 Å². The summed E-state index contributed by atoms with van der Waals surface area (Å²) in [6, 6.07) is 9.46. The molecule has 2 rings (SSSR count). The maximum absolute atomic E-state index is 9.16. The Balaban J connectivity index is 2.26. The number of nitrogens with one attached hydrogen (secondary N) is 2. The summed E-state index contributed by atoms with van der Waals surface area (Å²) in [4.78, 5) is 5.54. The van der Waals surface area contributed by atoms with Crippen molar-refractivity contribution in [3.05, 3.63) is 30.0 Å². The Morgan fingerprint density at radius 2 is 2.14 bits per heavy atom. The molecule has 6 heteroatoms. The summed E-state index contributed by atoms with van der Waals surface area (Å²) in [6.45, 7) is 1.62. The summed E-state index contributed by atoms with van der Waals surface area (Å²) in [6.07, 6.45) is 0. The number of nitriles is 1. The molecule has 0 fully saturated rings. The van der Waals surface area contributed by atoms with Gasteiger partial charge in [0.2, 0.25) is 17.5 Å². The van der Waals surface area contributed by atoms with Crippen LogP contribution in [0.4, 0.5) is 5.88 Å². The van der Waals surface area contributed by atoms with Crippen molar-refractivity contribution in [2.45, 2.75) is 0 Å². The van der Waals surface area contributed by atoms with Gasteiger partial charge in [-0.05, 0) is 12.1 Å². The van der Waals surface area contributed by atoms with E-state index in [1.807, 2.05) is 30.3 Å². The zero-order valence-corrected chi connectivity index (χ0v) is 12.4. The predicted molar refractivity (Wildman–Crippen MR) is 79.4 cm³/mol. The van der Waals surface area contributed by atoms with Gasteiger partial charge in [0.05, 0.1) is 39.9 Å². The maximum atomic E-state index is 9.16. The summed E-state index contributed by atoms with van der Waals surface area (Å²) in [5.74, 6) is 1.44. The molecule has 0 aliphatic carbocycles. The van der Waals surface area contributed by atoms with Gasteiger partial charge < -0.3 is 19.4 Å². The quantitative estimate of drug-likeness (QED) is 0.821. The van der Waals surface area contributed by atoms with Gasteiger partial charge in [0.1, 0.15) is 11.8 Å². The number of hydrogen-bond donors (Lipinski definition) is 2. The van der Waals surface area contributed by atoms with Crippen LogP contribution in [-0.4, -0.2) is 39.3 Å². The van der Waals surface area contributed by atoms with Gasteiger partial charge in [-0.15, -0.1) is 0 Å². The van der Waals surface area contributed by atoms with Gasteiger partial charge in [-0.1, -0.05) is 12.1 Å². The molecule has 110 valence electrons. The number of methoxy groups -OCH3 is 1. The van der Waals surface area contributed by atoms with Crippen LogP contribution in [0.2, 0.25) is 0 Å². The number of likely N-dealkylation sites (N-methyl/N-ethyl adjacent to an activating group) is 1. The molecule has 0 saturated heterocycles. The van der Waals surface area contributed by atoms with Crippen molar-refractivity contribution in [3.8, 4) is 23.3 Å². The number of nitrogens with zero attached hydrogens (tertiary/aromatic N) is 2. The smallest absolute Gasteiger partial charge is 0.233 e. The maximum Gasteiger partial charge on any atom is 0.233 e. The average molecular weight is 287 g/mol. The fourth-order valence-electron chi connectivity index (χ4n) is 1.88. The largest absolute Gasteiger partial charge is 0.496 e. The molecular weight excluding hydrogens is 268 g/mol. The molecule has 2 aromatic rings. The van der Waals surface area contributed by atoms with Crippen LogP contribution in [0.5, 0.6) is 5.75 Å². The Morgan fingerprint density at radius 1 is 1.38 bits per heavy atom. The molecule has 0 bridgehead atoms. The minimum absolute atomic E-state index is 0.254. The van der Waals surface area contributed by atoms with Crippen LogP contribution in [0, 0.1) is 11.3 Å². The van der Waals surface area contributed by atoms with E-state index in [0.717, 1.165) is 12.1 Å². The second kappa shape index (κ2) is 6.77. The van der Waals surface area contributed by atoms with Crippen molar-refractivity contribution < 1.29 is 14.1 Å². The Kier molecular flexibility index (Phi) is 4.80. The third-order valence-corrected chi connectivity index (χ3v) is 2.98. The van der Waals surface area contributed by atoms with Crippen LogP contribution >= 0.6 is 0 Å². The lowest BCUT2D eigenvalue weighted by Gasteiger charge is -2.07. The minimum Gasteiger partial charge on any atom is -0.496 e. The number of rotatable bonds is 6. The molecule has 21 heavy (non-hydrogen) atoms. The molecule has 0 aliphatic heterocycles. The topological polar surface area (TPSA) is 75.5 Å². The third kappa shape index (κ3) is 3.52. The number of hydrogen-bond acceptors (Lipinski definition) is 5. The first kappa shape index (κ1) is 14.9. The molecule has 6 nitrogen and oxygen atoms in total. The lowest BCUT2D eigenvalue weighted by Crippen LogP contribution is -3.06. The van der Waals surface area contributed by atoms with E-state index in [1.165, 1.54) is 4.90 Å². The SMILES string of the molecule is COc1ccccc1-c1nc(C#N)c(NCC[NH+](C)C)o1. The molecule has 0 unspecified atom stereocenters. The first-order chi connectivity index (χ1) is 10.2. The first-order valence-corrected chi connectivity index (χ1v) is 6.73. The van der Waals surface area contributed by atoms with E-state index in [2.05, 4.69) is 24.4 Å². The summed E-state index contributed by atoms with van der Waals surface area (Å²) >= 11 is 0. The summed E-state index contributed by atoms with van der Waals surface area (Å²) in [5.41, 5.74) is 0.979. The average Bonchev–Trinajstić information content (AvgIpc) is 2.90. The molecular formula is C15H19N4O2+. The molecule has 0 spiro atoms. The first-order valence-electron chi connectivity index (χ1n) is 6.73. The molecule has 0 saturated carbocycles. The molecule has 0 amide bonds. The van der Waals surface area contributed by atoms with Crippen molar-refractivity contribution in [2.24, 2.45) is 0 Å². The molecule has 1 heterocycles. The molecule has 1 aromatic carbocycles. The molecule has 0 atom stereocenters. The van der Waals surface area contributed by atoms with Crippen LogP contribution < -0.4 is 15.0 Å². The van der Waals surface area contributed by atoms with Gasteiger partial charge in [-0.25, -0.2) is 0 Å². The van der Waals surface area contributed by atoms with Crippen LogP contribution in [-0.2, 0) is 0 Å². The summed E-state index contributed by atoms with van der Waals surface area (Å²) in [7, 11) is 5.72. The Bertz CT molecular complexity index is 643. The van der Waals surface area contributed by atoms with E-state index in [0.29, 0.717) is 24.1 Å². The van der Waals surface area contributed by atoms with Gasteiger partial charge in [0.25, 0.3) is 0 Å². The zero-order chi connectivity index (χ0) is 15.2. The fourth-order valence-corrected chi connectivity index (χ4v) is 1.88. The lowest BCUT2D eigenvalue weighted by molar-refractivity contribution is -0.856. The van der Waals surface area contributed by atoms with Crippen LogP contribution in [0.15, 0.2) is 28.7 Å². The second-order valence-electron chi connectivity index (χ2n) is 4.89. The van der Waals surface area contributed by atoms with E-state index in [4.69, 9.17) is 14.4 Å². The standard InChI is InChI=1S/C15H18N4O2/c1-19(2)9-8-17-15-12(10-16)18-14(21-15)11-6-4-5-7-13(11)20-3/h4-7,17H,8-9H2,1-3H3/p+1. The van der Waals surface area contributed by atoms with Crippen molar-refractivity contribution in [3.63, 3.8) is 0 Å². The highest BCUT2D eigenvalue weighted by Crippen LogP contribution is 2.31. The van der Waals surface area contributed by atoms with Crippen molar-refractivity contribution in [1.29, 1.82) is 5.26 Å². The van der Waals surface area contributed by atoms with Gasteiger partial charge in [-0.2, -0.15) is 10.2 Å². The van der Waals surface area contributed by atoms with Crippen LogP contribution in [0.3, 0.4) is 0 Å². The number of anilines is 1. The van der Waals surface area contributed by atoms with E-state index >= 15 is 0 Å². The molecule has 0 radical (unpaired) electrons. The van der Waals surface area contributed by atoms with E-state index in [9.17, 15) is 0 Å². The van der Waals surface area contributed by atoms with Gasteiger partial charge in [0.15, 0.2) is 0 Å². The monoisotopic (exact) mass is 287 g/mol. The lowest BCUT2D eigenvalue weighted by atomic mass is 10.2. The number of oxazole rings is 1. The third-order valence-electron chi connectivity index (χ3n) is 2.98. The second-order valence-corrected chi connectivity index (χ2v) is 4.89. The Labute approximate surface area is 124 Å². The Morgan fingerprint density at radius 3 is 2.81 bits per heavy atom. The highest BCUT2D eigenvalue weighted by molar-refractivity contribution is 5.65. The van der Waals surface area contributed by atoms with E-state index < -0.39 is 0 Å².